The number of hydrogen-bond acceptors (Lipinski definition) is 4. The number of quaternary nitrogens is 1. The number of nitrogens with two attached hydrogens (primary N) is 1. The molecule has 1 saturated heterocycles. The molecule has 1 aliphatic rings. The Balaban J connectivity index is 0.00000121. The van der Waals surface area contributed by atoms with E-state index in [0.29, 0.717) is 6.54 Å². The fourth-order valence-corrected chi connectivity index (χ4v) is 1.26. The molecule has 0 aromatic rings. The van der Waals surface area contributed by atoms with Crippen LogP contribution < -0.4 is 17.7 Å². The SMILES string of the molecule is OC[C@H]1[NH2+]C[C@@H](O)[C@H](O)[C@@H]1O.[Cl-]. The highest BCUT2D eigenvalue weighted by molar-refractivity contribution is 4.82. The molecule has 0 bridgehead atoms. The summed E-state index contributed by atoms with van der Waals surface area (Å²) in [6.45, 7) is 0.133. The van der Waals surface area contributed by atoms with Crippen molar-refractivity contribution in [2.45, 2.75) is 24.4 Å². The summed E-state index contributed by atoms with van der Waals surface area (Å²) >= 11 is 0. The van der Waals surface area contributed by atoms with Crippen molar-refractivity contribution < 1.29 is 38.1 Å². The highest BCUT2D eigenvalue weighted by Gasteiger charge is 2.38. The fourth-order valence-electron chi connectivity index (χ4n) is 1.26. The van der Waals surface area contributed by atoms with Gasteiger partial charge >= 0.3 is 0 Å². The van der Waals surface area contributed by atoms with Crippen LogP contribution in [-0.4, -0.2) is 57.9 Å². The molecule has 1 fully saturated rings. The quantitative estimate of drug-likeness (QED) is 0.290. The van der Waals surface area contributed by atoms with Gasteiger partial charge in [-0.15, -0.1) is 0 Å². The van der Waals surface area contributed by atoms with Gasteiger partial charge in [-0.3, -0.25) is 0 Å². The van der Waals surface area contributed by atoms with Gasteiger partial charge in [-0.25, -0.2) is 0 Å². The molecule has 0 aromatic carbocycles. The second-order valence-electron chi connectivity index (χ2n) is 2.87. The van der Waals surface area contributed by atoms with Crippen molar-refractivity contribution in [3.8, 4) is 0 Å². The maximum Gasteiger partial charge on any atom is 0.138 e. The standard InChI is InChI=1S/C6H13NO4.ClH/c8-2-3-5(10)6(11)4(9)1-7-3;/h3-11H,1-2H2;1H/t3-,4-,5-,6+;/m1./s1. The van der Waals surface area contributed by atoms with Crippen molar-refractivity contribution in [3.63, 3.8) is 0 Å². The molecule has 4 atom stereocenters. The zero-order valence-electron chi connectivity index (χ0n) is 6.47. The van der Waals surface area contributed by atoms with Crippen LogP contribution in [0.5, 0.6) is 0 Å². The Morgan fingerprint density at radius 1 is 1.17 bits per heavy atom. The Labute approximate surface area is 76.4 Å². The van der Waals surface area contributed by atoms with Crippen LogP contribution >= 0.6 is 0 Å². The minimum atomic E-state index is -1.13. The lowest BCUT2D eigenvalue weighted by molar-refractivity contribution is -0.716. The molecule has 6 heteroatoms. The topological polar surface area (TPSA) is 97.5 Å². The molecule has 0 aliphatic carbocycles. The number of aliphatic hydroxyl groups excluding tert-OH is 4. The average Bonchev–Trinajstić information content (AvgIpc) is 2.01. The summed E-state index contributed by atoms with van der Waals surface area (Å²) < 4.78 is 0. The maximum atomic E-state index is 9.21. The molecule has 1 rings (SSSR count). The van der Waals surface area contributed by atoms with E-state index in [1.807, 2.05) is 0 Å². The van der Waals surface area contributed by atoms with Crippen molar-refractivity contribution in [1.82, 2.24) is 0 Å². The molecule has 0 spiro atoms. The Hall–Kier alpha value is 0.0900. The summed E-state index contributed by atoms with van der Waals surface area (Å²) in [5, 5.41) is 37.7. The van der Waals surface area contributed by atoms with Gasteiger partial charge in [-0.05, 0) is 0 Å². The summed E-state index contributed by atoms with van der Waals surface area (Å²) in [6, 6.07) is -0.409. The largest absolute Gasteiger partial charge is 1.00 e. The van der Waals surface area contributed by atoms with Gasteiger partial charge < -0.3 is 38.1 Å². The molecular formula is C6H14ClNO4. The fraction of sp³-hybridized carbons (Fsp3) is 1.00. The first kappa shape index (κ1) is 12.1. The smallest absolute Gasteiger partial charge is 0.138 e. The van der Waals surface area contributed by atoms with Crippen molar-refractivity contribution in [1.29, 1.82) is 0 Å². The van der Waals surface area contributed by atoms with E-state index in [1.165, 1.54) is 0 Å². The molecule has 0 unspecified atom stereocenters. The predicted octanol–water partition coefficient (Wildman–Crippen LogP) is -6.99. The monoisotopic (exact) mass is 199 g/mol. The summed E-state index contributed by atoms with van der Waals surface area (Å²) in [4.78, 5) is 0. The first-order valence-corrected chi connectivity index (χ1v) is 3.65. The van der Waals surface area contributed by atoms with E-state index in [-0.39, 0.29) is 19.0 Å². The van der Waals surface area contributed by atoms with E-state index >= 15 is 0 Å². The number of piperidine rings is 1. The van der Waals surface area contributed by atoms with Gasteiger partial charge in [0.2, 0.25) is 0 Å². The van der Waals surface area contributed by atoms with Crippen LogP contribution in [0.15, 0.2) is 0 Å². The van der Waals surface area contributed by atoms with E-state index < -0.39 is 24.4 Å². The number of aliphatic hydroxyl groups is 4. The van der Waals surface area contributed by atoms with Crippen LogP contribution in [0.2, 0.25) is 0 Å². The van der Waals surface area contributed by atoms with E-state index in [4.69, 9.17) is 15.3 Å². The van der Waals surface area contributed by atoms with Crippen molar-refractivity contribution in [2.75, 3.05) is 13.2 Å². The highest BCUT2D eigenvalue weighted by atomic mass is 35.5. The van der Waals surface area contributed by atoms with Crippen LogP contribution in [0, 0.1) is 0 Å². The first-order valence-electron chi connectivity index (χ1n) is 3.65. The summed E-state index contributed by atoms with van der Waals surface area (Å²) in [7, 11) is 0. The van der Waals surface area contributed by atoms with Crippen molar-refractivity contribution >= 4 is 0 Å². The van der Waals surface area contributed by atoms with Gasteiger partial charge in [0.1, 0.15) is 30.9 Å². The molecule has 0 saturated carbocycles. The van der Waals surface area contributed by atoms with E-state index in [1.54, 1.807) is 5.32 Å². The van der Waals surface area contributed by atoms with Crippen LogP contribution in [0.3, 0.4) is 0 Å². The molecule has 6 N–H and O–H groups in total. The maximum absolute atomic E-state index is 9.21. The Bertz CT molecular complexity index is 135. The zero-order chi connectivity index (χ0) is 8.43. The Morgan fingerprint density at radius 2 is 1.75 bits per heavy atom. The Morgan fingerprint density at radius 3 is 2.25 bits per heavy atom. The summed E-state index contributed by atoms with van der Waals surface area (Å²) in [6.07, 6.45) is -3.06. The van der Waals surface area contributed by atoms with Gasteiger partial charge in [0, 0.05) is 0 Å². The molecule has 12 heavy (non-hydrogen) atoms. The number of hydrogen-bond donors (Lipinski definition) is 5. The average molecular weight is 200 g/mol. The van der Waals surface area contributed by atoms with Gasteiger partial charge in [0.15, 0.2) is 0 Å². The molecule has 0 radical (unpaired) electrons. The van der Waals surface area contributed by atoms with E-state index in [0.717, 1.165) is 0 Å². The van der Waals surface area contributed by atoms with Crippen molar-refractivity contribution in [2.24, 2.45) is 0 Å². The minimum Gasteiger partial charge on any atom is -1.00 e. The third-order valence-corrected chi connectivity index (χ3v) is 2.07. The minimum absolute atomic E-state index is 0. The molecule has 0 amide bonds. The lowest BCUT2D eigenvalue weighted by Gasteiger charge is -2.31. The molecule has 5 nitrogen and oxygen atoms in total. The predicted molar refractivity (Wildman–Crippen MR) is 35.7 cm³/mol. The number of halogens is 1. The highest BCUT2D eigenvalue weighted by Crippen LogP contribution is 2.04. The van der Waals surface area contributed by atoms with E-state index in [2.05, 4.69) is 0 Å². The number of rotatable bonds is 1. The first-order chi connectivity index (χ1) is 5.16. The zero-order valence-corrected chi connectivity index (χ0v) is 7.22. The van der Waals surface area contributed by atoms with Gasteiger partial charge in [-0.2, -0.15) is 0 Å². The van der Waals surface area contributed by atoms with E-state index in [9.17, 15) is 5.11 Å². The van der Waals surface area contributed by atoms with Crippen LogP contribution in [-0.2, 0) is 0 Å². The second-order valence-corrected chi connectivity index (χ2v) is 2.87. The normalized spacial score (nSPS) is 42.0. The Kier molecular flexibility index (Phi) is 5.00. The summed E-state index contributed by atoms with van der Waals surface area (Å²) in [5.41, 5.74) is 0. The molecule has 1 heterocycles. The second kappa shape index (κ2) is 4.96. The van der Waals surface area contributed by atoms with Crippen LogP contribution in [0.25, 0.3) is 0 Å². The van der Waals surface area contributed by atoms with Gasteiger partial charge in [0.25, 0.3) is 0 Å². The molecule has 0 aromatic heterocycles. The summed E-state index contributed by atoms with van der Waals surface area (Å²) in [5.74, 6) is 0. The van der Waals surface area contributed by atoms with Gasteiger partial charge in [-0.1, -0.05) is 0 Å². The van der Waals surface area contributed by atoms with Crippen LogP contribution in [0.1, 0.15) is 0 Å². The molecule has 74 valence electrons. The van der Waals surface area contributed by atoms with Crippen molar-refractivity contribution in [3.05, 3.63) is 0 Å². The van der Waals surface area contributed by atoms with Crippen LogP contribution in [0.4, 0.5) is 0 Å². The molecular weight excluding hydrogens is 186 g/mol. The lowest BCUT2D eigenvalue weighted by atomic mass is 9.97. The van der Waals surface area contributed by atoms with Gasteiger partial charge in [0.05, 0.1) is 6.61 Å². The third kappa shape index (κ3) is 2.29. The third-order valence-electron chi connectivity index (χ3n) is 2.07. The molecule has 1 aliphatic heterocycles. The lowest BCUT2D eigenvalue weighted by Crippen LogP contribution is -3.00.